The molecular weight excluding hydrogens is 384 g/mol. The number of nitrogens with zero attached hydrogens (tertiary/aromatic N) is 3. The summed E-state index contributed by atoms with van der Waals surface area (Å²) < 4.78 is 5.79. The van der Waals surface area contributed by atoms with E-state index in [2.05, 4.69) is 10.1 Å². The quantitative estimate of drug-likeness (QED) is 0.742. The number of aliphatic imine (C=N–C) groups is 1. The second-order valence-corrected chi connectivity index (χ2v) is 7.94. The molecule has 2 aromatic carbocycles. The number of thioether (sulfide) groups is 1. The molecular formula is C22H20N4O2S. The molecule has 0 fully saturated rings. The maximum Gasteiger partial charge on any atom is 0.283 e. The van der Waals surface area contributed by atoms with Crippen LogP contribution >= 0.6 is 11.8 Å². The molecule has 0 atom stereocenters. The minimum absolute atomic E-state index is 0.0487. The Morgan fingerprint density at radius 3 is 2.55 bits per heavy atom. The third kappa shape index (κ3) is 4.14. The molecule has 6 nitrogen and oxygen atoms in total. The van der Waals surface area contributed by atoms with Gasteiger partial charge in [0.2, 0.25) is 5.17 Å². The van der Waals surface area contributed by atoms with Crippen molar-refractivity contribution < 1.29 is 9.53 Å². The van der Waals surface area contributed by atoms with Crippen LogP contribution in [0.3, 0.4) is 0 Å². The summed E-state index contributed by atoms with van der Waals surface area (Å²) in [5.41, 5.74) is 2.11. The average molecular weight is 404 g/mol. The lowest BCUT2D eigenvalue weighted by molar-refractivity contribution is -0.114. The lowest BCUT2D eigenvalue weighted by atomic mass is 10.1. The van der Waals surface area contributed by atoms with E-state index in [1.54, 1.807) is 6.08 Å². The van der Waals surface area contributed by atoms with E-state index >= 15 is 0 Å². The molecule has 0 saturated heterocycles. The molecule has 0 aliphatic carbocycles. The average Bonchev–Trinajstić information content (AvgIpc) is 3.16. The summed E-state index contributed by atoms with van der Waals surface area (Å²) in [6.45, 7) is 4.54. The first-order chi connectivity index (χ1) is 14.0. The van der Waals surface area contributed by atoms with Crippen molar-refractivity contribution in [2.24, 2.45) is 16.0 Å². The number of ether oxygens (including phenoxy) is 1. The number of nitrogens with one attached hydrogen (secondary N) is 1. The Kier molecular flexibility index (Phi) is 5.31. The van der Waals surface area contributed by atoms with E-state index in [1.165, 1.54) is 16.8 Å². The van der Waals surface area contributed by atoms with Gasteiger partial charge >= 0.3 is 0 Å². The van der Waals surface area contributed by atoms with Crippen LogP contribution in [0.25, 0.3) is 6.08 Å². The van der Waals surface area contributed by atoms with Crippen LogP contribution in [0.1, 0.15) is 25.0 Å². The zero-order valence-corrected chi connectivity index (χ0v) is 16.9. The van der Waals surface area contributed by atoms with Gasteiger partial charge < -0.3 is 4.74 Å². The van der Waals surface area contributed by atoms with Gasteiger partial charge in [0.1, 0.15) is 17.4 Å². The first-order valence-electron chi connectivity index (χ1n) is 9.28. The molecule has 0 saturated carbocycles. The minimum atomic E-state index is -0.418. The van der Waals surface area contributed by atoms with Gasteiger partial charge in [-0.25, -0.2) is 0 Å². The summed E-state index contributed by atoms with van der Waals surface area (Å²) >= 11 is 1.34. The van der Waals surface area contributed by atoms with Gasteiger partial charge in [-0.05, 0) is 41.1 Å². The van der Waals surface area contributed by atoms with Crippen LogP contribution in [0.15, 0.2) is 70.3 Å². The number of hydrazone groups is 1. The second-order valence-electron chi connectivity index (χ2n) is 6.96. The molecule has 4 rings (SSSR count). The first-order valence-corrected chi connectivity index (χ1v) is 10.1. The van der Waals surface area contributed by atoms with Crippen molar-refractivity contribution in [3.05, 3.63) is 71.3 Å². The third-order valence-electron chi connectivity index (χ3n) is 4.40. The highest BCUT2D eigenvalue weighted by Gasteiger charge is 2.36. The molecule has 1 amide bonds. The van der Waals surface area contributed by atoms with Crippen LogP contribution in [0.4, 0.5) is 0 Å². The summed E-state index contributed by atoms with van der Waals surface area (Å²) in [4.78, 5) is 16.5. The topological polar surface area (TPSA) is 78.1 Å². The van der Waals surface area contributed by atoms with Crippen molar-refractivity contribution in [2.75, 3.05) is 0 Å². The van der Waals surface area contributed by atoms with Gasteiger partial charge in [-0.1, -0.05) is 56.3 Å². The van der Waals surface area contributed by atoms with E-state index in [-0.39, 0.29) is 17.3 Å². The smallest absolute Gasteiger partial charge is 0.283 e. The molecule has 146 valence electrons. The maximum absolute atomic E-state index is 12.4. The number of amidine groups is 2. The molecule has 29 heavy (non-hydrogen) atoms. The fourth-order valence-electron chi connectivity index (χ4n) is 2.81. The standard InChI is InChI=1S/C22H20N4O2S/c1-14(2)21-25-26-19(23)18(20(27)24-22(26)29-21)12-15-8-10-17(11-9-15)28-13-16-6-4-3-5-7-16/h3-12,14,23H,13H2,1-2H3/b18-12+,23-19?. The minimum Gasteiger partial charge on any atom is -0.489 e. The molecule has 2 aliphatic heterocycles. The van der Waals surface area contributed by atoms with E-state index in [1.807, 2.05) is 68.4 Å². The number of carbonyl (C=O) groups excluding carboxylic acids is 1. The molecule has 0 unspecified atom stereocenters. The summed E-state index contributed by atoms with van der Waals surface area (Å²) in [7, 11) is 0. The number of carbonyl (C=O) groups is 1. The van der Waals surface area contributed by atoms with Gasteiger partial charge in [0.15, 0.2) is 5.84 Å². The van der Waals surface area contributed by atoms with Gasteiger partial charge in [-0.3, -0.25) is 10.2 Å². The van der Waals surface area contributed by atoms with Crippen molar-refractivity contribution >= 4 is 39.8 Å². The fourth-order valence-corrected chi connectivity index (χ4v) is 3.70. The lowest BCUT2D eigenvalue weighted by Crippen LogP contribution is -2.35. The van der Waals surface area contributed by atoms with Crippen LogP contribution in [0.5, 0.6) is 5.75 Å². The van der Waals surface area contributed by atoms with Gasteiger partial charge in [0.25, 0.3) is 5.91 Å². The molecule has 2 heterocycles. The van der Waals surface area contributed by atoms with Gasteiger partial charge in [0.05, 0.1) is 5.57 Å². The molecule has 2 aliphatic rings. The Hall–Kier alpha value is -3.19. The first kappa shape index (κ1) is 19.1. The van der Waals surface area contributed by atoms with Crippen LogP contribution in [0.2, 0.25) is 0 Å². The van der Waals surface area contributed by atoms with Crippen molar-refractivity contribution in [2.45, 2.75) is 20.5 Å². The predicted octanol–water partition coefficient (Wildman–Crippen LogP) is 4.54. The molecule has 0 spiro atoms. The Balaban J connectivity index is 1.49. The Morgan fingerprint density at radius 2 is 1.86 bits per heavy atom. The van der Waals surface area contributed by atoms with Gasteiger partial charge in [0, 0.05) is 5.92 Å². The highest BCUT2D eigenvalue weighted by molar-refractivity contribution is 8.27. The monoisotopic (exact) mass is 404 g/mol. The molecule has 1 N–H and O–H groups in total. The number of hydrogen-bond acceptors (Lipinski definition) is 5. The fraction of sp³-hybridized carbons (Fsp3) is 0.182. The van der Waals surface area contributed by atoms with Gasteiger partial charge in [-0.15, -0.1) is 0 Å². The number of benzene rings is 2. The number of hydrogen-bond donors (Lipinski definition) is 1. The predicted molar refractivity (Wildman–Crippen MR) is 117 cm³/mol. The highest BCUT2D eigenvalue weighted by atomic mass is 32.2. The van der Waals surface area contributed by atoms with Crippen molar-refractivity contribution in [3.63, 3.8) is 0 Å². The number of fused-ring (bicyclic) bond motifs is 1. The maximum atomic E-state index is 12.4. The molecule has 0 bridgehead atoms. The summed E-state index contributed by atoms with van der Waals surface area (Å²) in [6.07, 6.45) is 1.67. The zero-order valence-electron chi connectivity index (χ0n) is 16.1. The van der Waals surface area contributed by atoms with Crippen LogP contribution in [-0.4, -0.2) is 27.0 Å². The van der Waals surface area contributed by atoms with Crippen molar-refractivity contribution in [3.8, 4) is 5.75 Å². The summed E-state index contributed by atoms with van der Waals surface area (Å²) in [5.74, 6) is 0.585. The zero-order chi connectivity index (χ0) is 20.4. The lowest BCUT2D eigenvalue weighted by Gasteiger charge is -2.20. The summed E-state index contributed by atoms with van der Waals surface area (Å²) in [6, 6.07) is 17.4. The number of amides is 1. The van der Waals surface area contributed by atoms with E-state index in [4.69, 9.17) is 10.1 Å². The van der Waals surface area contributed by atoms with Gasteiger partial charge in [-0.2, -0.15) is 15.1 Å². The normalized spacial score (nSPS) is 17.5. The molecule has 0 aromatic heterocycles. The van der Waals surface area contributed by atoms with Crippen molar-refractivity contribution in [1.29, 1.82) is 5.41 Å². The van der Waals surface area contributed by atoms with Crippen LogP contribution in [-0.2, 0) is 11.4 Å². The van der Waals surface area contributed by atoms with E-state index in [9.17, 15) is 4.79 Å². The Morgan fingerprint density at radius 1 is 1.14 bits per heavy atom. The van der Waals surface area contributed by atoms with E-state index in [0.717, 1.165) is 21.9 Å². The largest absolute Gasteiger partial charge is 0.489 e. The Bertz CT molecular complexity index is 1040. The highest BCUT2D eigenvalue weighted by Crippen LogP contribution is 2.30. The second kappa shape index (κ2) is 8.05. The van der Waals surface area contributed by atoms with Crippen molar-refractivity contribution in [1.82, 2.24) is 5.01 Å². The Labute approximate surface area is 173 Å². The number of rotatable bonds is 5. The summed E-state index contributed by atoms with van der Waals surface area (Å²) in [5, 5.41) is 15.6. The van der Waals surface area contributed by atoms with Crippen LogP contribution in [0, 0.1) is 11.3 Å². The van der Waals surface area contributed by atoms with E-state index in [0.29, 0.717) is 11.8 Å². The SMILES string of the molecule is CC(C)C1=NN2C(=N)/C(=C\c3ccc(OCc4ccccc4)cc3)C(=O)N=C2S1. The van der Waals surface area contributed by atoms with E-state index < -0.39 is 5.91 Å². The third-order valence-corrected chi connectivity index (χ3v) is 5.61. The molecule has 0 radical (unpaired) electrons. The molecule has 2 aromatic rings. The molecule has 7 heteroatoms. The van der Waals surface area contributed by atoms with Crippen LogP contribution < -0.4 is 4.74 Å².